The summed E-state index contributed by atoms with van der Waals surface area (Å²) in [5.41, 5.74) is 1.47. The first-order valence-electron chi connectivity index (χ1n) is 5.01. The Labute approximate surface area is 88.8 Å². The van der Waals surface area contributed by atoms with E-state index >= 15 is 0 Å². The van der Waals surface area contributed by atoms with Crippen LogP contribution in [0.4, 0.5) is 5.82 Å². The maximum Gasteiger partial charge on any atom is 0.146 e. The second-order valence-corrected chi connectivity index (χ2v) is 3.82. The normalized spacial score (nSPS) is 20.3. The van der Waals surface area contributed by atoms with Crippen molar-refractivity contribution in [1.82, 2.24) is 4.98 Å². The molecule has 0 bridgehead atoms. The van der Waals surface area contributed by atoms with Crippen LogP contribution in [0.3, 0.4) is 0 Å². The molecule has 1 N–H and O–H groups in total. The van der Waals surface area contributed by atoms with Gasteiger partial charge in [0.05, 0.1) is 11.7 Å². The SMILES string of the molecule is Cc1ccc(C#N)c(N2CCC(O)C2)n1. The molecule has 1 aromatic rings. The number of aryl methyl sites for hydroxylation is 1. The average Bonchev–Trinajstić information content (AvgIpc) is 2.65. The lowest BCUT2D eigenvalue weighted by atomic mass is 10.2. The van der Waals surface area contributed by atoms with Gasteiger partial charge >= 0.3 is 0 Å². The van der Waals surface area contributed by atoms with E-state index in [1.165, 1.54) is 0 Å². The number of nitrogens with zero attached hydrogens (tertiary/aromatic N) is 3. The van der Waals surface area contributed by atoms with Crippen molar-refractivity contribution < 1.29 is 5.11 Å². The Hall–Kier alpha value is -1.60. The van der Waals surface area contributed by atoms with Gasteiger partial charge in [-0.25, -0.2) is 4.98 Å². The molecular formula is C11H13N3O. The molecule has 0 aliphatic carbocycles. The van der Waals surface area contributed by atoms with Crippen molar-refractivity contribution >= 4 is 5.82 Å². The molecule has 4 heteroatoms. The molecule has 1 aliphatic rings. The summed E-state index contributed by atoms with van der Waals surface area (Å²) in [6.07, 6.45) is 0.458. The van der Waals surface area contributed by atoms with Crippen LogP contribution in [0.1, 0.15) is 17.7 Å². The zero-order valence-electron chi connectivity index (χ0n) is 8.64. The molecule has 1 atom stereocenters. The number of aliphatic hydroxyl groups excluding tert-OH is 1. The molecule has 2 heterocycles. The zero-order chi connectivity index (χ0) is 10.8. The predicted molar refractivity (Wildman–Crippen MR) is 56.5 cm³/mol. The molecule has 1 saturated heterocycles. The van der Waals surface area contributed by atoms with Gasteiger partial charge in [-0.2, -0.15) is 5.26 Å². The van der Waals surface area contributed by atoms with Crippen LogP contribution in [0.5, 0.6) is 0 Å². The molecule has 15 heavy (non-hydrogen) atoms. The standard InChI is InChI=1S/C11H13N3O/c1-8-2-3-9(6-12)11(13-8)14-5-4-10(15)7-14/h2-3,10,15H,4-5,7H2,1H3. The quantitative estimate of drug-likeness (QED) is 0.734. The predicted octanol–water partition coefficient (Wildman–Crippen LogP) is 0.833. The van der Waals surface area contributed by atoms with Crippen LogP contribution in [0.2, 0.25) is 0 Å². The van der Waals surface area contributed by atoms with E-state index in [4.69, 9.17) is 5.26 Å². The van der Waals surface area contributed by atoms with Crippen LogP contribution in [-0.4, -0.2) is 29.3 Å². The lowest BCUT2D eigenvalue weighted by molar-refractivity contribution is 0.198. The monoisotopic (exact) mass is 203 g/mol. The number of aromatic nitrogens is 1. The van der Waals surface area contributed by atoms with Crippen molar-refractivity contribution in [3.63, 3.8) is 0 Å². The van der Waals surface area contributed by atoms with Crippen molar-refractivity contribution in [1.29, 1.82) is 5.26 Å². The second-order valence-electron chi connectivity index (χ2n) is 3.82. The Morgan fingerprint density at radius 2 is 2.40 bits per heavy atom. The fourth-order valence-electron chi connectivity index (χ4n) is 1.81. The lowest BCUT2D eigenvalue weighted by Gasteiger charge is -2.18. The van der Waals surface area contributed by atoms with Gasteiger partial charge in [-0.05, 0) is 25.5 Å². The largest absolute Gasteiger partial charge is 0.391 e. The smallest absolute Gasteiger partial charge is 0.146 e. The number of hydrogen-bond donors (Lipinski definition) is 1. The minimum Gasteiger partial charge on any atom is -0.391 e. The maximum absolute atomic E-state index is 9.44. The molecule has 0 saturated carbocycles. The van der Waals surface area contributed by atoms with Crippen molar-refractivity contribution in [2.75, 3.05) is 18.0 Å². The molecule has 0 amide bonds. The van der Waals surface area contributed by atoms with E-state index in [2.05, 4.69) is 11.1 Å². The Kier molecular flexibility index (Phi) is 2.57. The summed E-state index contributed by atoms with van der Waals surface area (Å²) in [5.74, 6) is 0.703. The van der Waals surface area contributed by atoms with Gasteiger partial charge in [0.2, 0.25) is 0 Å². The Bertz CT molecular complexity index is 411. The molecule has 1 aromatic heterocycles. The summed E-state index contributed by atoms with van der Waals surface area (Å²) in [7, 11) is 0. The number of aliphatic hydroxyl groups is 1. The number of hydrogen-bond acceptors (Lipinski definition) is 4. The van der Waals surface area contributed by atoms with Gasteiger partial charge in [0.1, 0.15) is 11.9 Å². The van der Waals surface area contributed by atoms with Crippen LogP contribution >= 0.6 is 0 Å². The number of rotatable bonds is 1. The topological polar surface area (TPSA) is 60.2 Å². The molecule has 1 fully saturated rings. The zero-order valence-corrected chi connectivity index (χ0v) is 8.64. The van der Waals surface area contributed by atoms with Crippen LogP contribution in [0, 0.1) is 18.3 Å². The van der Waals surface area contributed by atoms with Crippen LogP contribution in [0.25, 0.3) is 0 Å². The van der Waals surface area contributed by atoms with E-state index in [1.54, 1.807) is 6.07 Å². The highest BCUT2D eigenvalue weighted by atomic mass is 16.3. The first kappa shape index (κ1) is 9.94. The molecule has 0 radical (unpaired) electrons. The van der Waals surface area contributed by atoms with Crippen molar-refractivity contribution in [2.45, 2.75) is 19.4 Å². The highest BCUT2D eigenvalue weighted by molar-refractivity contribution is 5.55. The van der Waals surface area contributed by atoms with Gasteiger partial charge in [-0.3, -0.25) is 0 Å². The van der Waals surface area contributed by atoms with Crippen LogP contribution in [0.15, 0.2) is 12.1 Å². The van der Waals surface area contributed by atoms with E-state index in [-0.39, 0.29) is 6.10 Å². The Morgan fingerprint density at radius 1 is 1.60 bits per heavy atom. The highest BCUT2D eigenvalue weighted by Gasteiger charge is 2.23. The molecule has 2 rings (SSSR count). The van der Waals surface area contributed by atoms with E-state index in [9.17, 15) is 5.11 Å². The third-order valence-electron chi connectivity index (χ3n) is 2.60. The molecule has 1 aliphatic heterocycles. The van der Waals surface area contributed by atoms with E-state index < -0.39 is 0 Å². The average molecular weight is 203 g/mol. The summed E-state index contributed by atoms with van der Waals surface area (Å²) in [6, 6.07) is 5.74. The fraction of sp³-hybridized carbons (Fsp3) is 0.455. The van der Waals surface area contributed by atoms with Gasteiger partial charge in [-0.15, -0.1) is 0 Å². The Morgan fingerprint density at radius 3 is 3.00 bits per heavy atom. The highest BCUT2D eigenvalue weighted by Crippen LogP contribution is 2.22. The third-order valence-corrected chi connectivity index (χ3v) is 2.60. The molecular weight excluding hydrogens is 190 g/mol. The number of anilines is 1. The van der Waals surface area contributed by atoms with E-state index in [1.807, 2.05) is 17.9 Å². The van der Waals surface area contributed by atoms with Crippen molar-refractivity contribution in [3.05, 3.63) is 23.4 Å². The third kappa shape index (κ3) is 1.92. The summed E-state index contributed by atoms with van der Waals surface area (Å²) < 4.78 is 0. The summed E-state index contributed by atoms with van der Waals surface area (Å²) in [4.78, 5) is 6.32. The first-order chi connectivity index (χ1) is 7.20. The summed E-state index contributed by atoms with van der Waals surface area (Å²) in [6.45, 7) is 3.24. The second kappa shape index (κ2) is 3.87. The summed E-state index contributed by atoms with van der Waals surface area (Å²) >= 11 is 0. The molecule has 4 nitrogen and oxygen atoms in total. The molecule has 1 unspecified atom stereocenters. The Balaban J connectivity index is 2.34. The lowest BCUT2D eigenvalue weighted by Crippen LogP contribution is -2.23. The van der Waals surface area contributed by atoms with Gasteiger partial charge in [-0.1, -0.05) is 0 Å². The molecule has 0 spiro atoms. The van der Waals surface area contributed by atoms with Crippen molar-refractivity contribution in [2.24, 2.45) is 0 Å². The van der Waals surface area contributed by atoms with Gasteiger partial charge in [0.25, 0.3) is 0 Å². The van der Waals surface area contributed by atoms with Gasteiger partial charge in [0, 0.05) is 18.8 Å². The minimum atomic E-state index is -0.293. The number of nitriles is 1. The first-order valence-corrected chi connectivity index (χ1v) is 5.01. The molecule has 78 valence electrons. The fourth-order valence-corrected chi connectivity index (χ4v) is 1.81. The van der Waals surface area contributed by atoms with Gasteiger partial charge < -0.3 is 10.0 Å². The van der Waals surface area contributed by atoms with Crippen LogP contribution < -0.4 is 4.90 Å². The number of pyridine rings is 1. The van der Waals surface area contributed by atoms with Crippen LogP contribution in [-0.2, 0) is 0 Å². The van der Waals surface area contributed by atoms with E-state index in [0.29, 0.717) is 17.9 Å². The van der Waals surface area contributed by atoms with E-state index in [0.717, 1.165) is 18.7 Å². The maximum atomic E-state index is 9.44. The summed E-state index contributed by atoms with van der Waals surface area (Å²) in [5, 5.41) is 18.4. The minimum absolute atomic E-state index is 0.293. The van der Waals surface area contributed by atoms with Gasteiger partial charge in [0.15, 0.2) is 0 Å². The van der Waals surface area contributed by atoms with Crippen molar-refractivity contribution in [3.8, 4) is 6.07 Å². The number of β-amino-alcohol motifs (C(OH)–C–C–N with tert-alkyl or cyclic N) is 1. The molecule has 0 aromatic carbocycles.